The molecule has 0 unspecified atom stereocenters. The quantitative estimate of drug-likeness (QED) is 0.690. The molecule has 0 aromatic carbocycles. The molecule has 2 rings (SSSR count). The molecule has 5 heteroatoms. The number of fused-ring (bicyclic) bond motifs is 1. The van der Waals surface area contributed by atoms with Crippen LogP contribution in [0.2, 0.25) is 0 Å². The first-order valence-electron chi connectivity index (χ1n) is 4.27. The van der Waals surface area contributed by atoms with E-state index in [1.54, 1.807) is 0 Å². The first-order chi connectivity index (χ1) is 5.90. The topological polar surface area (TPSA) is 50.1 Å². The zero-order valence-electron chi connectivity index (χ0n) is 7.36. The first kappa shape index (κ1) is 10.5. The van der Waals surface area contributed by atoms with Gasteiger partial charge >= 0.3 is 0 Å². The minimum absolute atomic E-state index is 0. The lowest BCUT2D eigenvalue weighted by atomic mass is 10.3. The van der Waals surface area contributed by atoms with Gasteiger partial charge in [-0.25, -0.2) is 0 Å². The molecule has 74 valence electrons. The molecule has 0 atom stereocenters. The molecule has 0 aliphatic carbocycles. The second-order valence-electron chi connectivity index (χ2n) is 3.04. The highest BCUT2D eigenvalue weighted by Gasteiger charge is 2.09. The second-order valence-corrected chi connectivity index (χ2v) is 3.04. The van der Waals surface area contributed by atoms with Gasteiger partial charge in [0.05, 0.1) is 18.0 Å². The highest BCUT2D eigenvalue weighted by molar-refractivity contribution is 5.85. The highest BCUT2D eigenvalue weighted by atomic mass is 35.5. The number of aliphatic hydroxyl groups is 1. The molecule has 13 heavy (non-hydrogen) atoms. The van der Waals surface area contributed by atoms with E-state index in [4.69, 9.17) is 5.11 Å². The molecule has 0 saturated heterocycles. The van der Waals surface area contributed by atoms with E-state index < -0.39 is 0 Å². The summed E-state index contributed by atoms with van der Waals surface area (Å²) >= 11 is 0. The highest BCUT2D eigenvalue weighted by Crippen LogP contribution is 2.07. The van der Waals surface area contributed by atoms with E-state index in [9.17, 15) is 0 Å². The van der Waals surface area contributed by atoms with Gasteiger partial charge in [-0.05, 0) is 19.0 Å². The summed E-state index contributed by atoms with van der Waals surface area (Å²) in [5, 5.41) is 16.4. The van der Waals surface area contributed by atoms with Crippen molar-refractivity contribution in [3.63, 3.8) is 0 Å². The number of nitrogens with one attached hydrogen (secondary N) is 1. The van der Waals surface area contributed by atoms with E-state index in [1.165, 1.54) is 5.69 Å². The minimum atomic E-state index is 0. The van der Waals surface area contributed by atoms with Crippen LogP contribution in [0, 0.1) is 0 Å². The van der Waals surface area contributed by atoms with Crippen LogP contribution in [-0.2, 0) is 19.7 Å². The van der Waals surface area contributed by atoms with E-state index in [2.05, 4.69) is 10.4 Å². The Labute approximate surface area is 83.4 Å². The number of hydrogen-bond donors (Lipinski definition) is 2. The third kappa shape index (κ3) is 2.21. The van der Waals surface area contributed by atoms with Crippen LogP contribution in [0.1, 0.15) is 17.8 Å². The first-order valence-corrected chi connectivity index (χ1v) is 4.27. The Hall–Kier alpha value is -0.580. The Balaban J connectivity index is 0.000000845. The number of halogens is 1. The standard InChI is InChI=1S/C8H13N3O.ClH/c12-6-7-4-8-5-9-2-1-3-11(8)10-7;/h4,9,12H,1-3,5-6H2;1H. The van der Waals surface area contributed by atoms with Gasteiger partial charge in [0, 0.05) is 13.1 Å². The molecule has 2 N–H and O–H groups in total. The summed E-state index contributed by atoms with van der Waals surface area (Å²) in [6.45, 7) is 2.92. The second kappa shape index (κ2) is 4.60. The average Bonchev–Trinajstić information content (AvgIpc) is 2.37. The summed E-state index contributed by atoms with van der Waals surface area (Å²) in [4.78, 5) is 0. The fraction of sp³-hybridized carbons (Fsp3) is 0.625. The van der Waals surface area contributed by atoms with Crippen LogP contribution in [0.15, 0.2) is 6.07 Å². The van der Waals surface area contributed by atoms with Crippen LogP contribution in [0.25, 0.3) is 0 Å². The van der Waals surface area contributed by atoms with E-state index >= 15 is 0 Å². The molecule has 0 saturated carbocycles. The Kier molecular flexibility index (Phi) is 3.71. The number of aromatic nitrogens is 2. The molecule has 0 amide bonds. The van der Waals surface area contributed by atoms with Gasteiger partial charge < -0.3 is 10.4 Å². The van der Waals surface area contributed by atoms with E-state index in [0.29, 0.717) is 0 Å². The maximum absolute atomic E-state index is 8.86. The number of hydrogen-bond acceptors (Lipinski definition) is 3. The SMILES string of the molecule is Cl.OCc1cc2n(n1)CCCNC2. The van der Waals surface area contributed by atoms with E-state index in [-0.39, 0.29) is 19.0 Å². The molecule has 0 spiro atoms. The monoisotopic (exact) mass is 203 g/mol. The largest absolute Gasteiger partial charge is 0.390 e. The lowest BCUT2D eigenvalue weighted by molar-refractivity contribution is 0.275. The summed E-state index contributed by atoms with van der Waals surface area (Å²) in [5.74, 6) is 0. The Morgan fingerprint density at radius 2 is 2.46 bits per heavy atom. The maximum Gasteiger partial charge on any atom is 0.0882 e. The lowest BCUT2D eigenvalue weighted by Crippen LogP contribution is -2.11. The zero-order chi connectivity index (χ0) is 8.39. The van der Waals surface area contributed by atoms with Crippen molar-refractivity contribution in [1.82, 2.24) is 15.1 Å². The number of rotatable bonds is 1. The van der Waals surface area contributed by atoms with Gasteiger partial charge in [0.15, 0.2) is 0 Å². The number of aliphatic hydroxyl groups excluding tert-OH is 1. The fourth-order valence-corrected chi connectivity index (χ4v) is 1.50. The molecule has 0 fully saturated rings. The molecule has 1 aliphatic rings. The molecule has 1 aromatic heterocycles. The third-order valence-corrected chi connectivity index (χ3v) is 2.11. The van der Waals surface area contributed by atoms with E-state index in [1.807, 2.05) is 10.7 Å². The number of aryl methyl sites for hydroxylation is 1. The fourth-order valence-electron chi connectivity index (χ4n) is 1.50. The van der Waals surface area contributed by atoms with Crippen LogP contribution in [0.3, 0.4) is 0 Å². The van der Waals surface area contributed by atoms with Crippen molar-refractivity contribution in [2.45, 2.75) is 26.1 Å². The molecule has 0 radical (unpaired) electrons. The summed E-state index contributed by atoms with van der Waals surface area (Å²) in [6.07, 6.45) is 1.11. The predicted octanol–water partition coefficient (Wildman–Crippen LogP) is 0.291. The van der Waals surface area contributed by atoms with Crippen molar-refractivity contribution >= 4 is 12.4 Å². The van der Waals surface area contributed by atoms with Crippen LogP contribution in [0.5, 0.6) is 0 Å². The summed E-state index contributed by atoms with van der Waals surface area (Å²) < 4.78 is 1.98. The average molecular weight is 204 g/mol. The summed E-state index contributed by atoms with van der Waals surface area (Å²) in [6, 6.07) is 1.96. The molecular formula is C8H14ClN3O. The normalized spacial score (nSPS) is 15.8. The van der Waals surface area contributed by atoms with Crippen molar-refractivity contribution in [3.8, 4) is 0 Å². The zero-order valence-corrected chi connectivity index (χ0v) is 8.18. The van der Waals surface area contributed by atoms with Gasteiger partial charge in [0.2, 0.25) is 0 Å². The molecule has 1 aliphatic heterocycles. The van der Waals surface area contributed by atoms with Crippen LogP contribution < -0.4 is 5.32 Å². The summed E-state index contributed by atoms with van der Waals surface area (Å²) in [5.41, 5.74) is 1.95. The van der Waals surface area contributed by atoms with Crippen molar-refractivity contribution in [1.29, 1.82) is 0 Å². The van der Waals surface area contributed by atoms with Crippen LogP contribution in [-0.4, -0.2) is 21.4 Å². The minimum Gasteiger partial charge on any atom is -0.390 e. The summed E-state index contributed by atoms with van der Waals surface area (Å²) in [7, 11) is 0. The van der Waals surface area contributed by atoms with Gasteiger partial charge in [-0.15, -0.1) is 12.4 Å². The Morgan fingerprint density at radius 1 is 1.62 bits per heavy atom. The van der Waals surface area contributed by atoms with Crippen molar-refractivity contribution in [3.05, 3.63) is 17.5 Å². The predicted molar refractivity (Wildman–Crippen MR) is 51.7 cm³/mol. The molecule has 4 nitrogen and oxygen atoms in total. The van der Waals surface area contributed by atoms with E-state index in [0.717, 1.165) is 31.7 Å². The van der Waals surface area contributed by atoms with Crippen molar-refractivity contribution in [2.75, 3.05) is 6.54 Å². The molecular weight excluding hydrogens is 190 g/mol. The van der Waals surface area contributed by atoms with Crippen LogP contribution >= 0.6 is 12.4 Å². The van der Waals surface area contributed by atoms with Gasteiger partial charge in [-0.2, -0.15) is 5.10 Å². The number of nitrogens with zero attached hydrogens (tertiary/aromatic N) is 2. The maximum atomic E-state index is 8.86. The van der Waals surface area contributed by atoms with Gasteiger partial charge in [0.1, 0.15) is 0 Å². The molecule has 1 aromatic rings. The molecule has 2 heterocycles. The van der Waals surface area contributed by atoms with Crippen molar-refractivity contribution < 1.29 is 5.11 Å². The smallest absolute Gasteiger partial charge is 0.0882 e. The third-order valence-electron chi connectivity index (χ3n) is 2.11. The Bertz CT molecular complexity index is 251. The van der Waals surface area contributed by atoms with Gasteiger partial charge in [-0.3, -0.25) is 4.68 Å². The van der Waals surface area contributed by atoms with Crippen LogP contribution in [0.4, 0.5) is 0 Å². The van der Waals surface area contributed by atoms with Gasteiger partial charge in [0.25, 0.3) is 0 Å². The Morgan fingerprint density at radius 3 is 3.23 bits per heavy atom. The van der Waals surface area contributed by atoms with Gasteiger partial charge in [-0.1, -0.05) is 0 Å². The molecule has 0 bridgehead atoms. The van der Waals surface area contributed by atoms with Crippen molar-refractivity contribution in [2.24, 2.45) is 0 Å². The lowest BCUT2D eigenvalue weighted by Gasteiger charge is -1.98.